The Morgan fingerprint density at radius 3 is 1.80 bits per heavy atom. The number of benzene rings is 9. The zero-order chi connectivity index (χ0) is 33.1. The molecule has 0 amide bonds. The molecule has 0 aliphatic heterocycles. The highest BCUT2D eigenvalue weighted by molar-refractivity contribution is 6.23. The van der Waals surface area contributed by atoms with Gasteiger partial charge in [-0.1, -0.05) is 141 Å². The molecule has 1 heterocycles. The summed E-state index contributed by atoms with van der Waals surface area (Å²) in [4.78, 5) is 0. The van der Waals surface area contributed by atoms with E-state index in [4.69, 9.17) is 4.42 Å². The third-order valence-corrected chi connectivity index (χ3v) is 11.4. The zero-order valence-corrected chi connectivity index (χ0v) is 27.9. The van der Waals surface area contributed by atoms with E-state index in [1.807, 2.05) is 0 Å². The van der Waals surface area contributed by atoms with E-state index in [-0.39, 0.29) is 5.41 Å². The number of furan rings is 1. The van der Waals surface area contributed by atoms with E-state index in [9.17, 15) is 0 Å². The fourth-order valence-corrected chi connectivity index (χ4v) is 9.02. The number of hydrogen-bond acceptors (Lipinski definition) is 1. The maximum atomic E-state index is 6.45. The normalized spacial score (nSPS) is 13.6. The Morgan fingerprint density at radius 2 is 1.00 bits per heavy atom. The smallest absolute Gasteiger partial charge is 0.136 e. The predicted molar refractivity (Wildman–Crippen MR) is 212 cm³/mol. The number of hydrogen-bond donors (Lipinski definition) is 0. The van der Waals surface area contributed by atoms with Gasteiger partial charge in [-0.3, -0.25) is 0 Å². The van der Waals surface area contributed by atoms with Gasteiger partial charge in [0.25, 0.3) is 0 Å². The van der Waals surface area contributed by atoms with Gasteiger partial charge in [-0.15, -0.1) is 0 Å². The van der Waals surface area contributed by atoms with Gasteiger partial charge in [-0.2, -0.15) is 0 Å². The van der Waals surface area contributed by atoms with Crippen molar-refractivity contribution in [2.24, 2.45) is 0 Å². The van der Waals surface area contributed by atoms with Crippen molar-refractivity contribution in [2.45, 2.75) is 19.3 Å². The number of fused-ring (bicyclic) bond motifs is 12. The van der Waals surface area contributed by atoms with Crippen LogP contribution in [0.25, 0.3) is 98.4 Å². The summed E-state index contributed by atoms with van der Waals surface area (Å²) in [5.41, 5.74) is 12.1. The standard InChI is InChI=1S/C49H32O/c1-49(2)42-27-32(37-16-9-17-44-48(37)47-35-14-7-4-11-30(35)21-25-45(47)50-44)19-22-38(42)39-23-20-33(28-43(39)49)46-36-15-8-5-12-31(36)26-41-34-13-6-3-10-29(34)18-24-40(41)46/h3-28H,1-2H3. The summed E-state index contributed by atoms with van der Waals surface area (Å²) >= 11 is 0. The molecule has 0 saturated carbocycles. The maximum absolute atomic E-state index is 6.45. The van der Waals surface area contributed by atoms with Crippen molar-refractivity contribution in [3.8, 4) is 33.4 Å². The van der Waals surface area contributed by atoms with Crippen molar-refractivity contribution >= 4 is 65.0 Å². The largest absolute Gasteiger partial charge is 0.456 e. The van der Waals surface area contributed by atoms with Crippen LogP contribution < -0.4 is 0 Å². The molecule has 10 aromatic rings. The van der Waals surface area contributed by atoms with Crippen LogP contribution in [0.1, 0.15) is 25.0 Å². The summed E-state index contributed by atoms with van der Waals surface area (Å²) < 4.78 is 6.45. The van der Waals surface area contributed by atoms with E-state index in [0.29, 0.717) is 0 Å². The first-order chi connectivity index (χ1) is 24.5. The van der Waals surface area contributed by atoms with Gasteiger partial charge < -0.3 is 4.42 Å². The molecule has 0 unspecified atom stereocenters. The Hall–Kier alpha value is -6.18. The van der Waals surface area contributed by atoms with Gasteiger partial charge >= 0.3 is 0 Å². The molecule has 0 spiro atoms. The van der Waals surface area contributed by atoms with E-state index in [0.717, 1.165) is 11.2 Å². The van der Waals surface area contributed by atoms with Crippen molar-refractivity contribution in [3.63, 3.8) is 0 Å². The van der Waals surface area contributed by atoms with Gasteiger partial charge in [-0.05, 0) is 118 Å². The molecule has 1 aliphatic rings. The monoisotopic (exact) mass is 636 g/mol. The molecule has 11 rings (SSSR count). The predicted octanol–water partition coefficient (Wildman–Crippen LogP) is 13.8. The second kappa shape index (κ2) is 9.94. The van der Waals surface area contributed by atoms with Crippen molar-refractivity contribution < 1.29 is 4.42 Å². The third kappa shape index (κ3) is 3.72. The third-order valence-electron chi connectivity index (χ3n) is 11.4. The van der Waals surface area contributed by atoms with E-state index in [2.05, 4.69) is 172 Å². The van der Waals surface area contributed by atoms with Gasteiger partial charge in [-0.25, -0.2) is 0 Å². The molecule has 0 fully saturated rings. The minimum Gasteiger partial charge on any atom is -0.456 e. The van der Waals surface area contributed by atoms with Crippen molar-refractivity contribution in [3.05, 3.63) is 169 Å². The Kier molecular flexibility index (Phi) is 5.51. The topological polar surface area (TPSA) is 13.1 Å². The maximum Gasteiger partial charge on any atom is 0.136 e. The lowest BCUT2D eigenvalue weighted by Crippen LogP contribution is -2.15. The summed E-state index contributed by atoms with van der Waals surface area (Å²) in [5.74, 6) is 0. The van der Waals surface area contributed by atoms with Crippen molar-refractivity contribution in [2.75, 3.05) is 0 Å². The second-order valence-electron chi connectivity index (χ2n) is 14.4. The minimum atomic E-state index is -0.178. The van der Waals surface area contributed by atoms with Crippen LogP contribution in [0, 0.1) is 0 Å². The molecule has 0 bridgehead atoms. The Balaban J connectivity index is 1.11. The molecule has 0 N–H and O–H groups in total. The van der Waals surface area contributed by atoms with Crippen LogP contribution in [0.5, 0.6) is 0 Å². The first kappa shape index (κ1) is 27.7. The van der Waals surface area contributed by atoms with Gasteiger partial charge in [0.15, 0.2) is 0 Å². The average Bonchev–Trinajstić information content (AvgIpc) is 3.66. The zero-order valence-electron chi connectivity index (χ0n) is 27.9. The van der Waals surface area contributed by atoms with E-state index in [1.54, 1.807) is 0 Å². The van der Waals surface area contributed by atoms with E-state index >= 15 is 0 Å². The van der Waals surface area contributed by atoms with Crippen LogP contribution in [-0.4, -0.2) is 0 Å². The van der Waals surface area contributed by atoms with Crippen LogP contribution in [-0.2, 0) is 5.41 Å². The molecular formula is C49H32O. The molecule has 50 heavy (non-hydrogen) atoms. The summed E-state index contributed by atoms with van der Waals surface area (Å²) in [6.45, 7) is 4.78. The fraction of sp³-hybridized carbons (Fsp3) is 0.0612. The first-order valence-corrected chi connectivity index (χ1v) is 17.5. The van der Waals surface area contributed by atoms with Gasteiger partial charge in [0.1, 0.15) is 11.2 Å². The van der Waals surface area contributed by atoms with Crippen LogP contribution >= 0.6 is 0 Å². The van der Waals surface area contributed by atoms with Crippen LogP contribution in [0.4, 0.5) is 0 Å². The van der Waals surface area contributed by atoms with Crippen LogP contribution in [0.3, 0.4) is 0 Å². The van der Waals surface area contributed by atoms with Gasteiger partial charge in [0.05, 0.1) is 0 Å². The SMILES string of the molecule is CC1(C)c2cc(-c3c4ccccc4cc4c3ccc3ccccc34)ccc2-c2ccc(-c3cccc4oc5ccc6ccccc6c5c34)cc21. The highest BCUT2D eigenvalue weighted by Crippen LogP contribution is 2.52. The summed E-state index contributed by atoms with van der Waals surface area (Å²) in [6, 6.07) is 58.2. The van der Waals surface area contributed by atoms with Gasteiger partial charge in [0, 0.05) is 16.2 Å². The molecule has 1 aromatic heterocycles. The number of rotatable bonds is 2. The lowest BCUT2D eigenvalue weighted by Gasteiger charge is -2.23. The molecule has 1 nitrogen and oxygen atoms in total. The molecule has 0 saturated heterocycles. The molecule has 234 valence electrons. The highest BCUT2D eigenvalue weighted by Gasteiger charge is 2.36. The minimum absolute atomic E-state index is 0.178. The first-order valence-electron chi connectivity index (χ1n) is 17.5. The van der Waals surface area contributed by atoms with Gasteiger partial charge in [0.2, 0.25) is 0 Å². The van der Waals surface area contributed by atoms with E-state index < -0.39 is 0 Å². The lowest BCUT2D eigenvalue weighted by molar-refractivity contribution is 0.661. The Labute approximate surface area is 290 Å². The van der Waals surface area contributed by atoms with E-state index in [1.165, 1.54) is 98.4 Å². The highest BCUT2D eigenvalue weighted by atomic mass is 16.3. The average molecular weight is 637 g/mol. The summed E-state index contributed by atoms with van der Waals surface area (Å²) in [6.07, 6.45) is 0. The quantitative estimate of drug-likeness (QED) is 0.136. The molecule has 1 aliphatic carbocycles. The molecule has 1 heteroatoms. The molecular weight excluding hydrogens is 605 g/mol. The fourth-order valence-electron chi connectivity index (χ4n) is 9.02. The Morgan fingerprint density at radius 1 is 0.380 bits per heavy atom. The van der Waals surface area contributed by atoms with Crippen molar-refractivity contribution in [1.29, 1.82) is 0 Å². The second-order valence-corrected chi connectivity index (χ2v) is 14.4. The molecule has 0 radical (unpaired) electrons. The summed E-state index contributed by atoms with van der Waals surface area (Å²) in [7, 11) is 0. The lowest BCUT2D eigenvalue weighted by atomic mass is 9.80. The van der Waals surface area contributed by atoms with Crippen LogP contribution in [0.15, 0.2) is 162 Å². The van der Waals surface area contributed by atoms with Crippen LogP contribution in [0.2, 0.25) is 0 Å². The summed E-state index contributed by atoms with van der Waals surface area (Å²) in [5, 5.41) is 12.6. The molecule has 0 atom stereocenters. The Bertz CT molecular complexity index is 3060. The van der Waals surface area contributed by atoms with Crippen molar-refractivity contribution in [1.82, 2.24) is 0 Å². The molecule has 9 aromatic carbocycles.